The van der Waals surface area contributed by atoms with Crippen molar-refractivity contribution in [2.75, 3.05) is 0 Å². The average molecular weight is 388 g/mol. The molecule has 3 rings (SSSR count). The van der Waals surface area contributed by atoms with Crippen LogP contribution < -0.4 is 4.74 Å². The van der Waals surface area contributed by atoms with Gasteiger partial charge < -0.3 is 4.74 Å². The second-order valence-corrected chi connectivity index (χ2v) is 8.33. The lowest BCUT2D eigenvalue weighted by Crippen LogP contribution is -2.19. The predicted molar refractivity (Wildman–Crippen MR) is 119 cm³/mol. The van der Waals surface area contributed by atoms with Gasteiger partial charge in [-0.25, -0.2) is 9.78 Å². The summed E-state index contributed by atoms with van der Waals surface area (Å²) in [6.07, 6.45) is 11.9. The Bertz CT molecular complexity index is 948. The number of hydrogen-bond acceptors (Lipinski definition) is 3. The van der Waals surface area contributed by atoms with E-state index in [2.05, 4.69) is 50.9 Å². The van der Waals surface area contributed by atoms with Crippen LogP contribution in [0.1, 0.15) is 63.0 Å². The molecule has 3 nitrogen and oxygen atoms in total. The molecule has 2 aromatic rings. The summed E-state index contributed by atoms with van der Waals surface area (Å²) in [5.41, 5.74) is 5.58. The van der Waals surface area contributed by atoms with Crippen molar-refractivity contribution in [2.24, 2.45) is 5.41 Å². The molecule has 3 heteroatoms. The van der Waals surface area contributed by atoms with E-state index in [0.717, 1.165) is 11.1 Å². The maximum atomic E-state index is 12.2. The third kappa shape index (κ3) is 5.54. The monoisotopic (exact) mass is 387 g/mol. The summed E-state index contributed by atoms with van der Waals surface area (Å²) in [7, 11) is 0. The molecule has 0 fully saturated rings. The molecule has 1 aliphatic rings. The van der Waals surface area contributed by atoms with Gasteiger partial charge in [-0.1, -0.05) is 67.5 Å². The van der Waals surface area contributed by atoms with Gasteiger partial charge in [0.25, 0.3) is 0 Å². The van der Waals surface area contributed by atoms with Crippen LogP contribution in [-0.4, -0.2) is 11.0 Å². The number of carbonyl (C=O) groups is 1. The van der Waals surface area contributed by atoms with Crippen LogP contribution in [0, 0.1) is 5.41 Å². The molecule has 0 N–H and O–H groups in total. The minimum Gasteiger partial charge on any atom is -0.422 e. The van der Waals surface area contributed by atoms with Crippen molar-refractivity contribution < 1.29 is 9.53 Å². The molecular formula is C26H29NO2. The maximum Gasteiger partial charge on any atom is 0.362 e. The molecule has 0 saturated heterocycles. The number of benzene rings is 1. The van der Waals surface area contributed by atoms with Crippen molar-refractivity contribution in [2.45, 2.75) is 47.0 Å². The van der Waals surface area contributed by atoms with Crippen molar-refractivity contribution in [3.63, 3.8) is 0 Å². The molecule has 1 heterocycles. The minimum atomic E-state index is -0.453. The van der Waals surface area contributed by atoms with Crippen molar-refractivity contribution in [3.8, 4) is 5.75 Å². The molecule has 0 saturated carbocycles. The topological polar surface area (TPSA) is 39.2 Å². The molecule has 0 bridgehead atoms. The van der Waals surface area contributed by atoms with Crippen LogP contribution in [0.25, 0.3) is 6.08 Å². The zero-order valence-electron chi connectivity index (χ0n) is 17.7. The zero-order chi connectivity index (χ0) is 20.9. The molecular weight excluding hydrogens is 358 g/mol. The van der Waals surface area contributed by atoms with Gasteiger partial charge in [-0.3, -0.25) is 0 Å². The molecule has 0 radical (unpaired) electrons. The summed E-state index contributed by atoms with van der Waals surface area (Å²) in [6, 6.07) is 12.6. The van der Waals surface area contributed by atoms with Crippen LogP contribution in [0.2, 0.25) is 0 Å². The number of allylic oxidation sites excluding steroid dienone is 5. The Kier molecular flexibility index (Phi) is 6.48. The predicted octanol–water partition coefficient (Wildman–Crippen LogP) is 6.79. The number of ether oxygens (including phenoxy) is 1. The first-order chi connectivity index (χ1) is 13.8. The van der Waals surface area contributed by atoms with Crippen molar-refractivity contribution >= 4 is 12.0 Å². The van der Waals surface area contributed by atoms with E-state index in [1.807, 2.05) is 24.3 Å². The molecule has 0 spiro atoms. The van der Waals surface area contributed by atoms with E-state index >= 15 is 0 Å². The first-order valence-corrected chi connectivity index (χ1v) is 10.1. The number of rotatable bonds is 5. The Morgan fingerprint density at radius 3 is 2.55 bits per heavy atom. The Morgan fingerprint density at radius 2 is 1.90 bits per heavy atom. The smallest absolute Gasteiger partial charge is 0.362 e. The Labute approximate surface area is 173 Å². The van der Waals surface area contributed by atoms with Crippen LogP contribution in [-0.2, 0) is 0 Å². The minimum absolute atomic E-state index is 0.238. The molecule has 1 aromatic carbocycles. The standard InChI is InChI=1S/C26H29NO2/c1-19(12-14-23-20(2)9-8-16-26(23,3)4)17-21-13-15-24(27-18-21)25(28)29-22-10-6-5-7-11-22/h5-7,10-15,17-18H,8-9,16H2,1-4H3/b14-12?,19-17+. The van der Waals surface area contributed by atoms with Crippen molar-refractivity contribution in [3.05, 3.63) is 88.8 Å². The molecule has 1 aromatic heterocycles. The third-order valence-corrected chi connectivity index (χ3v) is 5.40. The van der Waals surface area contributed by atoms with Gasteiger partial charge in [0.2, 0.25) is 0 Å². The first kappa shape index (κ1) is 20.8. The SMILES string of the molecule is CC1=C(C=C/C(C)=C/c2ccc(C(=O)Oc3ccccc3)nc2)C(C)(C)CCC1. The van der Waals surface area contributed by atoms with Gasteiger partial charge >= 0.3 is 5.97 Å². The third-order valence-electron chi connectivity index (χ3n) is 5.40. The van der Waals surface area contributed by atoms with Gasteiger partial charge in [0, 0.05) is 6.20 Å². The van der Waals surface area contributed by atoms with Crippen LogP contribution >= 0.6 is 0 Å². The quantitative estimate of drug-likeness (QED) is 0.322. The van der Waals surface area contributed by atoms with Gasteiger partial charge in [0.05, 0.1) is 0 Å². The largest absolute Gasteiger partial charge is 0.422 e. The molecule has 29 heavy (non-hydrogen) atoms. The highest BCUT2D eigenvalue weighted by Crippen LogP contribution is 2.40. The van der Waals surface area contributed by atoms with Gasteiger partial charge in [0.1, 0.15) is 11.4 Å². The summed E-state index contributed by atoms with van der Waals surface area (Å²) in [6.45, 7) is 8.98. The maximum absolute atomic E-state index is 12.2. The van der Waals surface area contributed by atoms with Crippen LogP contribution in [0.4, 0.5) is 0 Å². The lowest BCUT2D eigenvalue weighted by Gasteiger charge is -2.32. The fraction of sp³-hybridized carbons (Fsp3) is 0.308. The highest BCUT2D eigenvalue weighted by molar-refractivity contribution is 5.89. The van der Waals surface area contributed by atoms with Gasteiger partial charge in [-0.2, -0.15) is 0 Å². The Morgan fingerprint density at radius 1 is 1.14 bits per heavy atom. The normalized spacial score (nSPS) is 16.9. The summed E-state index contributed by atoms with van der Waals surface area (Å²) < 4.78 is 5.32. The number of hydrogen-bond donors (Lipinski definition) is 0. The van der Waals surface area contributed by atoms with E-state index in [-0.39, 0.29) is 5.41 Å². The van der Waals surface area contributed by atoms with Gasteiger partial charge in [-0.05, 0) is 67.9 Å². The molecule has 0 amide bonds. The lowest BCUT2D eigenvalue weighted by atomic mass is 9.72. The average Bonchev–Trinajstić information content (AvgIpc) is 2.68. The molecule has 0 unspecified atom stereocenters. The van der Waals surface area contributed by atoms with E-state index in [4.69, 9.17) is 4.74 Å². The number of esters is 1. The number of pyridine rings is 1. The lowest BCUT2D eigenvalue weighted by molar-refractivity contribution is 0.0728. The second kappa shape index (κ2) is 9.04. The zero-order valence-corrected chi connectivity index (χ0v) is 17.7. The first-order valence-electron chi connectivity index (χ1n) is 10.1. The van der Waals surface area contributed by atoms with Crippen molar-refractivity contribution in [1.29, 1.82) is 0 Å². The summed E-state index contributed by atoms with van der Waals surface area (Å²) in [4.78, 5) is 16.5. The van der Waals surface area contributed by atoms with Gasteiger partial charge in [0.15, 0.2) is 0 Å². The summed E-state index contributed by atoms with van der Waals surface area (Å²) in [5.74, 6) is 0.0600. The highest BCUT2D eigenvalue weighted by Gasteiger charge is 2.26. The molecule has 0 atom stereocenters. The van der Waals surface area contributed by atoms with Crippen LogP contribution in [0.3, 0.4) is 0 Å². The molecule has 150 valence electrons. The second-order valence-electron chi connectivity index (χ2n) is 8.33. The molecule has 0 aliphatic heterocycles. The summed E-state index contributed by atoms with van der Waals surface area (Å²) >= 11 is 0. The number of para-hydroxylation sites is 1. The number of nitrogens with zero attached hydrogens (tertiary/aromatic N) is 1. The van der Waals surface area contributed by atoms with E-state index in [9.17, 15) is 4.79 Å². The summed E-state index contributed by atoms with van der Waals surface area (Å²) in [5, 5.41) is 0. The van der Waals surface area contributed by atoms with E-state index in [1.165, 1.54) is 30.4 Å². The Balaban J connectivity index is 1.68. The van der Waals surface area contributed by atoms with E-state index in [1.54, 1.807) is 24.4 Å². The molecule has 1 aliphatic carbocycles. The highest BCUT2D eigenvalue weighted by atomic mass is 16.5. The number of aromatic nitrogens is 1. The fourth-order valence-corrected chi connectivity index (χ4v) is 3.80. The van der Waals surface area contributed by atoms with Gasteiger partial charge in [-0.15, -0.1) is 0 Å². The van der Waals surface area contributed by atoms with Crippen LogP contribution in [0.15, 0.2) is 77.5 Å². The number of carbonyl (C=O) groups excluding carboxylic acids is 1. The van der Waals surface area contributed by atoms with E-state index in [0.29, 0.717) is 11.4 Å². The Hall–Kier alpha value is -2.94. The van der Waals surface area contributed by atoms with E-state index < -0.39 is 5.97 Å². The van der Waals surface area contributed by atoms with Crippen LogP contribution in [0.5, 0.6) is 5.75 Å². The van der Waals surface area contributed by atoms with Crippen molar-refractivity contribution in [1.82, 2.24) is 4.98 Å². The fourth-order valence-electron chi connectivity index (χ4n) is 3.80.